The van der Waals surface area contributed by atoms with Crippen LogP contribution < -0.4 is 10.6 Å². The summed E-state index contributed by atoms with van der Waals surface area (Å²) in [5, 5.41) is 5.03. The summed E-state index contributed by atoms with van der Waals surface area (Å²) in [5.41, 5.74) is 1.52. The fourth-order valence-corrected chi connectivity index (χ4v) is 2.65. The average Bonchev–Trinajstić information content (AvgIpc) is 3.39. The molecule has 2 atom stereocenters. The highest BCUT2D eigenvalue weighted by atomic mass is 19.1. The Kier molecular flexibility index (Phi) is 4.46. The molecule has 2 amide bonds. The Morgan fingerprint density at radius 2 is 1.88 bits per heavy atom. The number of halogens is 1. The second kappa shape index (κ2) is 6.70. The molecule has 1 fully saturated rings. The van der Waals surface area contributed by atoms with Crippen molar-refractivity contribution >= 4 is 23.4 Å². The number of hydrogen-bond donors (Lipinski definition) is 2. The lowest BCUT2D eigenvalue weighted by Gasteiger charge is -2.09. The minimum absolute atomic E-state index is 0.0462. The Bertz CT molecular complexity index is 764. The number of hydrogen-bond acceptors (Lipinski definition) is 3. The highest BCUT2D eigenvalue weighted by Gasteiger charge is 2.43. The van der Waals surface area contributed by atoms with Crippen molar-refractivity contribution in [3.05, 3.63) is 59.9 Å². The molecule has 2 aromatic carbocycles. The van der Waals surface area contributed by atoms with Gasteiger partial charge in [0.1, 0.15) is 5.82 Å². The van der Waals surface area contributed by atoms with Crippen molar-refractivity contribution in [2.45, 2.75) is 12.3 Å². The summed E-state index contributed by atoms with van der Waals surface area (Å²) in [7, 11) is 1.19. The second-order valence-electron chi connectivity index (χ2n) is 5.66. The molecule has 0 radical (unpaired) electrons. The molecule has 0 aromatic heterocycles. The number of methoxy groups -OCH3 is 1. The van der Waals surface area contributed by atoms with Crippen LogP contribution in [-0.4, -0.2) is 19.1 Å². The van der Waals surface area contributed by atoms with Crippen LogP contribution in [-0.2, 0) is 9.53 Å². The van der Waals surface area contributed by atoms with Crippen LogP contribution in [0.1, 0.15) is 17.9 Å². The minimum Gasteiger partial charge on any atom is -0.453 e. The van der Waals surface area contributed by atoms with Gasteiger partial charge in [0.25, 0.3) is 0 Å². The smallest absolute Gasteiger partial charge is 0.411 e. The van der Waals surface area contributed by atoms with Gasteiger partial charge in [-0.2, -0.15) is 0 Å². The summed E-state index contributed by atoms with van der Waals surface area (Å²) in [5.74, 6) is -0.583. The predicted octanol–water partition coefficient (Wildman–Crippen LogP) is 3.75. The summed E-state index contributed by atoms with van der Waals surface area (Å²) in [4.78, 5) is 23.5. The zero-order valence-corrected chi connectivity index (χ0v) is 13.1. The Morgan fingerprint density at radius 3 is 2.58 bits per heavy atom. The minimum atomic E-state index is -0.774. The number of amides is 2. The molecule has 6 heteroatoms. The second-order valence-corrected chi connectivity index (χ2v) is 5.66. The summed E-state index contributed by atoms with van der Waals surface area (Å²) >= 11 is 0. The number of benzene rings is 2. The van der Waals surface area contributed by atoms with E-state index in [9.17, 15) is 14.0 Å². The SMILES string of the molecule is COC(=O)Nc1cc(NC(=O)[C@H]2C[C@H]2c2ccccc2)ccc1F. The molecule has 0 aliphatic heterocycles. The van der Waals surface area contributed by atoms with Crippen molar-refractivity contribution in [1.82, 2.24) is 0 Å². The lowest BCUT2D eigenvalue weighted by atomic mass is 10.1. The summed E-state index contributed by atoms with van der Waals surface area (Å²) in [6.07, 6.45) is 0.0216. The summed E-state index contributed by atoms with van der Waals surface area (Å²) in [6.45, 7) is 0. The fourth-order valence-electron chi connectivity index (χ4n) is 2.65. The monoisotopic (exact) mass is 328 g/mol. The molecular formula is C18H17FN2O3. The van der Waals surface area contributed by atoms with Gasteiger partial charge in [0, 0.05) is 11.6 Å². The largest absolute Gasteiger partial charge is 0.453 e. The molecule has 1 aliphatic rings. The van der Waals surface area contributed by atoms with Gasteiger partial charge in [-0.1, -0.05) is 30.3 Å². The van der Waals surface area contributed by atoms with Crippen LogP contribution in [0.4, 0.5) is 20.6 Å². The van der Waals surface area contributed by atoms with E-state index in [4.69, 9.17) is 0 Å². The Hall–Kier alpha value is -2.89. The molecule has 0 saturated heterocycles. The molecule has 0 spiro atoms. The van der Waals surface area contributed by atoms with Gasteiger partial charge in [0.2, 0.25) is 5.91 Å². The van der Waals surface area contributed by atoms with Crippen LogP contribution in [0.15, 0.2) is 48.5 Å². The number of anilines is 2. The fraction of sp³-hybridized carbons (Fsp3) is 0.222. The van der Waals surface area contributed by atoms with Crippen LogP contribution in [0.5, 0.6) is 0 Å². The van der Waals surface area contributed by atoms with Gasteiger partial charge in [-0.25, -0.2) is 9.18 Å². The van der Waals surface area contributed by atoms with Crippen molar-refractivity contribution in [1.29, 1.82) is 0 Å². The first-order valence-corrected chi connectivity index (χ1v) is 7.59. The maximum atomic E-state index is 13.7. The van der Waals surface area contributed by atoms with Crippen LogP contribution in [0.2, 0.25) is 0 Å². The van der Waals surface area contributed by atoms with Crippen molar-refractivity contribution in [2.24, 2.45) is 5.92 Å². The third-order valence-corrected chi connectivity index (χ3v) is 4.01. The standard InChI is InChI=1S/C18H17FN2O3/c1-24-18(23)21-16-9-12(7-8-15(16)19)20-17(22)14-10-13(14)11-5-3-2-4-6-11/h2-9,13-14H,10H2,1H3,(H,20,22)(H,21,23)/t13-,14-/m0/s1. The number of nitrogens with one attached hydrogen (secondary N) is 2. The Morgan fingerprint density at radius 1 is 1.12 bits per heavy atom. The first-order chi connectivity index (χ1) is 11.6. The molecule has 124 valence electrons. The lowest BCUT2D eigenvalue weighted by molar-refractivity contribution is -0.117. The molecule has 24 heavy (non-hydrogen) atoms. The summed E-state index contributed by atoms with van der Waals surface area (Å²) in [6, 6.07) is 13.9. The van der Waals surface area contributed by atoms with E-state index in [1.54, 1.807) is 0 Å². The zero-order chi connectivity index (χ0) is 17.1. The van der Waals surface area contributed by atoms with Crippen molar-refractivity contribution < 1.29 is 18.7 Å². The highest BCUT2D eigenvalue weighted by molar-refractivity contribution is 5.96. The van der Waals surface area contributed by atoms with E-state index in [1.807, 2.05) is 30.3 Å². The van der Waals surface area contributed by atoms with Gasteiger partial charge in [-0.15, -0.1) is 0 Å². The van der Waals surface area contributed by atoms with E-state index in [2.05, 4.69) is 15.4 Å². The quantitative estimate of drug-likeness (QED) is 0.898. The summed E-state index contributed by atoms with van der Waals surface area (Å²) < 4.78 is 18.1. The Balaban J connectivity index is 1.65. The average molecular weight is 328 g/mol. The van der Waals surface area contributed by atoms with Crippen LogP contribution in [0.25, 0.3) is 0 Å². The molecule has 1 aliphatic carbocycles. The zero-order valence-electron chi connectivity index (χ0n) is 13.1. The van der Waals surface area contributed by atoms with Crippen molar-refractivity contribution in [3.63, 3.8) is 0 Å². The van der Waals surface area contributed by atoms with E-state index >= 15 is 0 Å². The molecule has 2 N–H and O–H groups in total. The molecule has 1 saturated carbocycles. The lowest BCUT2D eigenvalue weighted by Crippen LogP contribution is -2.16. The van der Waals surface area contributed by atoms with E-state index in [0.717, 1.165) is 12.0 Å². The van der Waals surface area contributed by atoms with Gasteiger partial charge in [-0.3, -0.25) is 10.1 Å². The van der Waals surface area contributed by atoms with Gasteiger partial charge < -0.3 is 10.1 Å². The third kappa shape index (κ3) is 3.53. The third-order valence-electron chi connectivity index (χ3n) is 4.01. The Labute approximate surface area is 138 Å². The molecule has 0 bridgehead atoms. The van der Waals surface area contributed by atoms with Crippen LogP contribution in [0, 0.1) is 11.7 Å². The van der Waals surface area contributed by atoms with E-state index in [1.165, 1.54) is 25.3 Å². The normalized spacial score (nSPS) is 18.6. The predicted molar refractivity (Wildman–Crippen MR) is 88.3 cm³/mol. The highest BCUT2D eigenvalue weighted by Crippen LogP contribution is 2.47. The molecule has 2 aromatic rings. The van der Waals surface area contributed by atoms with Crippen molar-refractivity contribution in [2.75, 3.05) is 17.7 Å². The van der Waals surface area contributed by atoms with E-state index in [-0.39, 0.29) is 23.4 Å². The number of rotatable bonds is 4. The number of carbonyl (C=O) groups is 2. The van der Waals surface area contributed by atoms with Crippen molar-refractivity contribution in [3.8, 4) is 0 Å². The number of carbonyl (C=O) groups excluding carboxylic acids is 2. The topological polar surface area (TPSA) is 67.4 Å². The molecular weight excluding hydrogens is 311 g/mol. The molecule has 0 unspecified atom stereocenters. The first-order valence-electron chi connectivity index (χ1n) is 7.59. The molecule has 0 heterocycles. The van der Waals surface area contributed by atoms with Gasteiger partial charge >= 0.3 is 6.09 Å². The molecule has 5 nitrogen and oxygen atoms in total. The maximum Gasteiger partial charge on any atom is 0.411 e. The first kappa shape index (κ1) is 16.0. The number of ether oxygens (including phenoxy) is 1. The van der Waals surface area contributed by atoms with E-state index < -0.39 is 11.9 Å². The van der Waals surface area contributed by atoms with Gasteiger partial charge in [-0.05, 0) is 36.1 Å². The van der Waals surface area contributed by atoms with E-state index in [0.29, 0.717) is 5.69 Å². The van der Waals surface area contributed by atoms with Gasteiger partial charge in [0.15, 0.2) is 0 Å². The maximum absolute atomic E-state index is 13.7. The molecule has 3 rings (SSSR count). The van der Waals surface area contributed by atoms with Crippen LogP contribution in [0.3, 0.4) is 0 Å². The van der Waals surface area contributed by atoms with Gasteiger partial charge in [0.05, 0.1) is 12.8 Å². The van der Waals surface area contributed by atoms with Crippen LogP contribution >= 0.6 is 0 Å².